The van der Waals surface area contributed by atoms with Crippen LogP contribution in [0.15, 0.2) is 24.3 Å². The highest BCUT2D eigenvalue weighted by Crippen LogP contribution is 2.41. The minimum absolute atomic E-state index is 0.00474. The molecule has 2 N–H and O–H groups in total. The van der Waals surface area contributed by atoms with Crippen LogP contribution in [0.4, 0.5) is 5.82 Å². The van der Waals surface area contributed by atoms with Crippen LogP contribution in [-0.2, 0) is 12.5 Å². The van der Waals surface area contributed by atoms with Gasteiger partial charge in [0.1, 0.15) is 17.3 Å². The standard InChI is InChI=1S/C17H23N3/c1-17(2,3)16-19-14(15(18)20(16)4)13-7-5-6-12(10-13)11-8-9-11/h5-7,10-11H,8-9,18H2,1-4H3. The lowest BCUT2D eigenvalue weighted by molar-refractivity contribution is 0.524. The predicted molar refractivity (Wildman–Crippen MR) is 83.7 cm³/mol. The molecule has 1 fully saturated rings. The molecular weight excluding hydrogens is 246 g/mol. The van der Waals surface area contributed by atoms with Gasteiger partial charge in [-0.1, -0.05) is 39.0 Å². The third-order valence-corrected chi connectivity index (χ3v) is 4.02. The van der Waals surface area contributed by atoms with Crippen LogP contribution in [0.5, 0.6) is 0 Å². The third-order valence-electron chi connectivity index (χ3n) is 4.02. The Bertz CT molecular complexity index is 643. The molecule has 0 aliphatic heterocycles. The van der Waals surface area contributed by atoms with Gasteiger partial charge in [-0.15, -0.1) is 0 Å². The van der Waals surface area contributed by atoms with Crippen molar-refractivity contribution in [1.29, 1.82) is 0 Å². The van der Waals surface area contributed by atoms with Crippen molar-refractivity contribution in [3.8, 4) is 11.3 Å². The van der Waals surface area contributed by atoms with Gasteiger partial charge in [0.15, 0.2) is 0 Å². The van der Waals surface area contributed by atoms with Crippen molar-refractivity contribution in [1.82, 2.24) is 9.55 Å². The number of hydrogen-bond acceptors (Lipinski definition) is 2. The number of anilines is 1. The van der Waals surface area contributed by atoms with Crippen LogP contribution in [-0.4, -0.2) is 9.55 Å². The maximum Gasteiger partial charge on any atom is 0.131 e. The van der Waals surface area contributed by atoms with Crippen molar-refractivity contribution in [3.63, 3.8) is 0 Å². The molecule has 0 spiro atoms. The molecule has 0 atom stereocenters. The van der Waals surface area contributed by atoms with Gasteiger partial charge in [0.25, 0.3) is 0 Å². The van der Waals surface area contributed by atoms with E-state index in [-0.39, 0.29) is 5.41 Å². The molecule has 1 aromatic carbocycles. The third kappa shape index (κ3) is 2.21. The Kier molecular flexibility index (Phi) is 2.89. The lowest BCUT2D eigenvalue weighted by Gasteiger charge is -2.17. The summed E-state index contributed by atoms with van der Waals surface area (Å²) in [5.74, 6) is 2.53. The number of nitrogens with two attached hydrogens (primary N) is 1. The number of rotatable bonds is 2. The largest absolute Gasteiger partial charge is 0.383 e. The quantitative estimate of drug-likeness (QED) is 0.900. The van der Waals surface area contributed by atoms with Crippen LogP contribution in [0.25, 0.3) is 11.3 Å². The van der Waals surface area contributed by atoms with Crippen molar-refractivity contribution in [2.45, 2.75) is 44.9 Å². The van der Waals surface area contributed by atoms with Crippen LogP contribution in [0.2, 0.25) is 0 Å². The molecule has 0 radical (unpaired) electrons. The summed E-state index contributed by atoms with van der Waals surface area (Å²) in [6.07, 6.45) is 2.63. The molecule has 1 saturated carbocycles. The minimum atomic E-state index is -0.00474. The van der Waals surface area contributed by atoms with Gasteiger partial charge in [-0.3, -0.25) is 0 Å². The smallest absolute Gasteiger partial charge is 0.131 e. The monoisotopic (exact) mass is 269 g/mol. The van der Waals surface area contributed by atoms with E-state index in [9.17, 15) is 0 Å². The van der Waals surface area contributed by atoms with Crippen LogP contribution in [0.1, 0.15) is 50.9 Å². The van der Waals surface area contributed by atoms with Gasteiger partial charge in [-0.05, 0) is 30.4 Å². The number of benzene rings is 1. The first-order chi connectivity index (χ1) is 9.38. The summed E-state index contributed by atoms with van der Waals surface area (Å²) < 4.78 is 2.01. The van der Waals surface area contributed by atoms with Crippen LogP contribution >= 0.6 is 0 Å². The lowest BCUT2D eigenvalue weighted by atomic mass is 9.96. The topological polar surface area (TPSA) is 43.8 Å². The van der Waals surface area contributed by atoms with Crippen molar-refractivity contribution in [2.24, 2.45) is 7.05 Å². The highest BCUT2D eigenvalue weighted by molar-refractivity contribution is 5.72. The van der Waals surface area contributed by atoms with Gasteiger partial charge in [-0.2, -0.15) is 0 Å². The molecule has 1 aliphatic rings. The summed E-state index contributed by atoms with van der Waals surface area (Å²) in [6.45, 7) is 6.50. The molecule has 1 heterocycles. The van der Waals surface area contributed by atoms with Gasteiger partial charge >= 0.3 is 0 Å². The lowest BCUT2D eigenvalue weighted by Crippen LogP contribution is -2.17. The second-order valence-electron chi connectivity index (χ2n) is 6.88. The van der Waals surface area contributed by atoms with E-state index in [2.05, 4.69) is 45.0 Å². The fourth-order valence-electron chi connectivity index (χ4n) is 2.75. The SMILES string of the molecule is Cn1c(C(C)(C)C)nc(-c2cccc(C3CC3)c2)c1N. The number of hydrogen-bond donors (Lipinski definition) is 1. The molecule has 0 saturated heterocycles. The first-order valence-electron chi connectivity index (χ1n) is 7.31. The summed E-state index contributed by atoms with van der Waals surface area (Å²) in [7, 11) is 2.00. The summed E-state index contributed by atoms with van der Waals surface area (Å²) in [6, 6.07) is 8.69. The highest BCUT2D eigenvalue weighted by Gasteiger charge is 2.26. The Morgan fingerprint density at radius 1 is 1.25 bits per heavy atom. The summed E-state index contributed by atoms with van der Waals surface area (Å²) in [5, 5.41) is 0. The van der Waals surface area contributed by atoms with E-state index in [1.807, 2.05) is 11.6 Å². The molecule has 0 unspecified atom stereocenters. The number of aromatic nitrogens is 2. The molecule has 3 heteroatoms. The predicted octanol–water partition coefficient (Wildman–Crippen LogP) is 3.84. The van der Waals surface area contributed by atoms with Gasteiger partial charge in [0, 0.05) is 18.0 Å². The number of nitrogens with zero attached hydrogens (tertiary/aromatic N) is 2. The second kappa shape index (κ2) is 4.37. The summed E-state index contributed by atoms with van der Waals surface area (Å²) in [5.41, 5.74) is 9.74. The zero-order chi connectivity index (χ0) is 14.5. The summed E-state index contributed by atoms with van der Waals surface area (Å²) in [4.78, 5) is 4.81. The highest BCUT2D eigenvalue weighted by atomic mass is 15.1. The molecule has 20 heavy (non-hydrogen) atoms. The fraction of sp³-hybridized carbons (Fsp3) is 0.471. The Hall–Kier alpha value is -1.77. The maximum absolute atomic E-state index is 6.27. The van der Waals surface area contributed by atoms with E-state index in [1.165, 1.54) is 18.4 Å². The maximum atomic E-state index is 6.27. The second-order valence-corrected chi connectivity index (χ2v) is 6.88. The Balaban J connectivity index is 2.08. The van der Waals surface area contributed by atoms with Crippen molar-refractivity contribution >= 4 is 5.82 Å². The van der Waals surface area contributed by atoms with Crippen LogP contribution < -0.4 is 5.73 Å². The van der Waals surface area contributed by atoms with E-state index in [1.54, 1.807) is 0 Å². The normalized spacial score (nSPS) is 15.6. The molecular formula is C17H23N3. The molecule has 1 aromatic heterocycles. The number of nitrogen functional groups attached to an aromatic ring is 1. The first-order valence-corrected chi connectivity index (χ1v) is 7.31. The fourth-order valence-corrected chi connectivity index (χ4v) is 2.75. The zero-order valence-corrected chi connectivity index (χ0v) is 12.8. The zero-order valence-electron chi connectivity index (χ0n) is 12.8. The van der Waals surface area contributed by atoms with Gasteiger partial charge in [-0.25, -0.2) is 4.98 Å². The summed E-state index contributed by atoms with van der Waals surface area (Å²) >= 11 is 0. The average Bonchev–Trinajstić information content (AvgIpc) is 3.17. The van der Waals surface area contributed by atoms with E-state index < -0.39 is 0 Å². The molecule has 0 bridgehead atoms. The Morgan fingerprint density at radius 3 is 2.50 bits per heavy atom. The van der Waals surface area contributed by atoms with Crippen molar-refractivity contribution in [2.75, 3.05) is 5.73 Å². The van der Waals surface area contributed by atoms with E-state index in [0.29, 0.717) is 0 Å². The molecule has 3 nitrogen and oxygen atoms in total. The van der Waals surface area contributed by atoms with Gasteiger partial charge in [0.2, 0.25) is 0 Å². The van der Waals surface area contributed by atoms with Crippen LogP contribution in [0, 0.1) is 0 Å². The Morgan fingerprint density at radius 2 is 1.95 bits per heavy atom. The molecule has 0 amide bonds. The van der Waals surface area contributed by atoms with E-state index in [4.69, 9.17) is 10.7 Å². The van der Waals surface area contributed by atoms with E-state index in [0.717, 1.165) is 28.8 Å². The van der Waals surface area contributed by atoms with E-state index >= 15 is 0 Å². The average molecular weight is 269 g/mol. The molecule has 1 aliphatic carbocycles. The van der Waals surface area contributed by atoms with Crippen molar-refractivity contribution in [3.05, 3.63) is 35.7 Å². The molecule has 106 valence electrons. The Labute approximate surface area is 120 Å². The number of imidazole rings is 1. The minimum Gasteiger partial charge on any atom is -0.383 e. The molecule has 2 aromatic rings. The van der Waals surface area contributed by atoms with Gasteiger partial charge in [0.05, 0.1) is 0 Å². The first kappa shape index (κ1) is 13.2. The van der Waals surface area contributed by atoms with Crippen molar-refractivity contribution < 1.29 is 0 Å². The van der Waals surface area contributed by atoms with Gasteiger partial charge < -0.3 is 10.3 Å². The molecule has 3 rings (SSSR count). The van der Waals surface area contributed by atoms with Crippen LogP contribution in [0.3, 0.4) is 0 Å².